The van der Waals surface area contributed by atoms with E-state index in [1.165, 1.54) is 12.1 Å². The largest absolute Gasteiger partial charge is 0.389 e. The summed E-state index contributed by atoms with van der Waals surface area (Å²) in [6.45, 7) is 3.79. The van der Waals surface area contributed by atoms with Gasteiger partial charge in [-0.1, -0.05) is 29.9 Å². The van der Waals surface area contributed by atoms with Crippen molar-refractivity contribution in [3.63, 3.8) is 0 Å². The summed E-state index contributed by atoms with van der Waals surface area (Å²) in [7, 11) is 0. The Bertz CT molecular complexity index is 728. The quantitative estimate of drug-likeness (QED) is 0.855. The summed E-state index contributed by atoms with van der Waals surface area (Å²) in [6, 6.07) is 9.70. The van der Waals surface area contributed by atoms with Crippen molar-refractivity contribution in [2.75, 3.05) is 5.32 Å². The Morgan fingerprint density at radius 1 is 1.19 bits per heavy atom. The van der Waals surface area contributed by atoms with Crippen LogP contribution >= 0.6 is 12.2 Å². The predicted molar refractivity (Wildman–Crippen MR) is 86.2 cm³/mol. The van der Waals surface area contributed by atoms with E-state index in [1.54, 1.807) is 12.1 Å². The van der Waals surface area contributed by atoms with E-state index >= 15 is 0 Å². The molecule has 0 radical (unpaired) electrons. The first-order valence-corrected chi connectivity index (χ1v) is 6.77. The van der Waals surface area contributed by atoms with Crippen LogP contribution in [-0.4, -0.2) is 10.9 Å². The number of nitrogens with one attached hydrogen (secondary N) is 1. The van der Waals surface area contributed by atoms with Crippen LogP contribution in [0.1, 0.15) is 27.0 Å². The number of hydrogen-bond donors (Lipinski definition) is 2. The van der Waals surface area contributed by atoms with Crippen molar-refractivity contribution in [1.82, 2.24) is 0 Å². The lowest BCUT2D eigenvalue weighted by Gasteiger charge is -2.10. The summed E-state index contributed by atoms with van der Waals surface area (Å²) >= 11 is 4.78. The number of carbonyl (C=O) groups excluding carboxylic acids is 1. The van der Waals surface area contributed by atoms with E-state index in [0.29, 0.717) is 11.1 Å². The molecule has 0 aromatic heterocycles. The van der Waals surface area contributed by atoms with Crippen LogP contribution in [0.25, 0.3) is 0 Å². The molecule has 0 saturated heterocycles. The van der Waals surface area contributed by atoms with E-state index < -0.39 is 5.82 Å². The summed E-state index contributed by atoms with van der Waals surface area (Å²) in [6.07, 6.45) is 0. The molecule has 2 aromatic carbocycles. The Hall–Kier alpha value is -2.27. The number of hydrogen-bond acceptors (Lipinski definition) is 2. The molecular weight excluding hydrogens is 287 g/mol. The molecule has 0 saturated carbocycles. The Labute approximate surface area is 128 Å². The number of carbonyl (C=O) groups is 1. The van der Waals surface area contributed by atoms with Crippen molar-refractivity contribution >= 4 is 28.8 Å². The highest BCUT2D eigenvalue weighted by Gasteiger charge is 2.12. The van der Waals surface area contributed by atoms with Crippen LogP contribution in [0.2, 0.25) is 0 Å². The number of nitrogens with two attached hydrogens (primary N) is 1. The van der Waals surface area contributed by atoms with Gasteiger partial charge in [0.05, 0.1) is 5.69 Å². The highest BCUT2D eigenvalue weighted by atomic mass is 32.1. The number of thiocarbonyl (C=S) groups is 1. The number of benzene rings is 2. The zero-order valence-corrected chi connectivity index (χ0v) is 12.6. The zero-order valence-electron chi connectivity index (χ0n) is 11.7. The SMILES string of the molecule is Cc1ccc(C(=O)Nc2ccc(C(N)=S)cc2F)c(C)c1. The molecule has 5 heteroatoms. The molecule has 0 aliphatic carbocycles. The van der Waals surface area contributed by atoms with E-state index in [9.17, 15) is 9.18 Å². The molecule has 0 bridgehead atoms. The molecular formula is C16H15FN2OS. The minimum atomic E-state index is -0.571. The normalized spacial score (nSPS) is 10.2. The molecule has 0 aliphatic heterocycles. The molecule has 0 atom stereocenters. The van der Waals surface area contributed by atoms with E-state index in [0.717, 1.165) is 11.1 Å². The van der Waals surface area contributed by atoms with Gasteiger partial charge in [0.25, 0.3) is 5.91 Å². The molecule has 21 heavy (non-hydrogen) atoms. The Balaban J connectivity index is 2.25. The van der Waals surface area contributed by atoms with Gasteiger partial charge < -0.3 is 11.1 Å². The fraction of sp³-hybridized carbons (Fsp3) is 0.125. The third-order valence-electron chi connectivity index (χ3n) is 3.13. The lowest BCUT2D eigenvalue weighted by molar-refractivity contribution is 0.102. The summed E-state index contributed by atoms with van der Waals surface area (Å²) in [4.78, 5) is 12.3. The topological polar surface area (TPSA) is 55.1 Å². The summed E-state index contributed by atoms with van der Waals surface area (Å²) in [5, 5.41) is 2.55. The fourth-order valence-electron chi connectivity index (χ4n) is 2.03. The number of amides is 1. The molecule has 1 amide bonds. The maximum absolute atomic E-state index is 13.9. The van der Waals surface area contributed by atoms with Gasteiger partial charge in [-0.2, -0.15) is 0 Å². The van der Waals surface area contributed by atoms with Crippen LogP contribution < -0.4 is 11.1 Å². The number of aryl methyl sites for hydroxylation is 2. The first-order chi connectivity index (χ1) is 9.88. The van der Waals surface area contributed by atoms with Gasteiger partial charge in [-0.3, -0.25) is 4.79 Å². The molecule has 0 aliphatic rings. The van der Waals surface area contributed by atoms with E-state index in [1.807, 2.05) is 26.0 Å². The van der Waals surface area contributed by atoms with E-state index in [2.05, 4.69) is 5.32 Å². The first-order valence-electron chi connectivity index (χ1n) is 6.36. The average molecular weight is 302 g/mol. The maximum atomic E-state index is 13.9. The lowest BCUT2D eigenvalue weighted by atomic mass is 10.1. The van der Waals surface area contributed by atoms with Gasteiger partial charge in [0, 0.05) is 11.1 Å². The predicted octanol–water partition coefficient (Wildman–Crippen LogP) is 3.33. The van der Waals surface area contributed by atoms with Gasteiger partial charge in [0.2, 0.25) is 0 Å². The van der Waals surface area contributed by atoms with Crippen LogP contribution in [0.5, 0.6) is 0 Å². The second-order valence-corrected chi connectivity index (χ2v) is 5.27. The standard InChI is InChI=1S/C16H15FN2OS/c1-9-3-5-12(10(2)7-9)16(20)19-14-6-4-11(15(18)21)8-13(14)17/h3-8H,1-2H3,(H2,18,21)(H,19,20). The van der Waals surface area contributed by atoms with E-state index in [4.69, 9.17) is 18.0 Å². The summed E-state index contributed by atoms with van der Waals surface area (Å²) in [5.74, 6) is -0.923. The van der Waals surface area contributed by atoms with Crippen LogP contribution in [0.3, 0.4) is 0 Å². The van der Waals surface area contributed by atoms with Gasteiger partial charge in [0.1, 0.15) is 10.8 Å². The molecule has 2 aromatic rings. The second-order valence-electron chi connectivity index (χ2n) is 4.83. The maximum Gasteiger partial charge on any atom is 0.256 e. The van der Waals surface area contributed by atoms with Crippen molar-refractivity contribution in [3.05, 3.63) is 64.5 Å². The van der Waals surface area contributed by atoms with Crippen LogP contribution in [0.4, 0.5) is 10.1 Å². The monoisotopic (exact) mass is 302 g/mol. The van der Waals surface area contributed by atoms with Crippen molar-refractivity contribution < 1.29 is 9.18 Å². The minimum absolute atomic E-state index is 0.0972. The highest BCUT2D eigenvalue weighted by Crippen LogP contribution is 2.18. The second kappa shape index (κ2) is 6.01. The summed E-state index contributed by atoms with van der Waals surface area (Å²) in [5.41, 5.74) is 8.38. The molecule has 0 unspecified atom stereocenters. The zero-order chi connectivity index (χ0) is 15.6. The molecule has 0 spiro atoms. The number of anilines is 1. The Morgan fingerprint density at radius 3 is 2.48 bits per heavy atom. The molecule has 2 rings (SSSR count). The Kier molecular flexibility index (Phi) is 4.33. The minimum Gasteiger partial charge on any atom is -0.389 e. The first kappa shape index (κ1) is 15.1. The van der Waals surface area contributed by atoms with Crippen molar-refractivity contribution in [2.45, 2.75) is 13.8 Å². The van der Waals surface area contributed by atoms with Gasteiger partial charge >= 0.3 is 0 Å². The van der Waals surface area contributed by atoms with Gasteiger partial charge in [-0.15, -0.1) is 0 Å². The van der Waals surface area contributed by atoms with Crippen molar-refractivity contribution in [3.8, 4) is 0 Å². The van der Waals surface area contributed by atoms with Gasteiger partial charge in [0.15, 0.2) is 0 Å². The van der Waals surface area contributed by atoms with Crippen molar-refractivity contribution in [1.29, 1.82) is 0 Å². The number of rotatable bonds is 3. The molecule has 3 N–H and O–H groups in total. The molecule has 108 valence electrons. The third kappa shape index (κ3) is 3.44. The lowest BCUT2D eigenvalue weighted by Crippen LogP contribution is -2.15. The van der Waals surface area contributed by atoms with Gasteiger partial charge in [-0.05, 0) is 43.7 Å². The van der Waals surface area contributed by atoms with Crippen LogP contribution in [0, 0.1) is 19.7 Å². The smallest absolute Gasteiger partial charge is 0.256 e. The van der Waals surface area contributed by atoms with Crippen molar-refractivity contribution in [2.24, 2.45) is 5.73 Å². The molecule has 0 heterocycles. The van der Waals surface area contributed by atoms with Gasteiger partial charge in [-0.25, -0.2) is 4.39 Å². The van der Waals surface area contributed by atoms with E-state index in [-0.39, 0.29) is 16.6 Å². The van der Waals surface area contributed by atoms with Crippen LogP contribution in [0.15, 0.2) is 36.4 Å². The number of halogens is 1. The Morgan fingerprint density at radius 2 is 1.90 bits per heavy atom. The summed E-state index contributed by atoms with van der Waals surface area (Å²) < 4.78 is 13.9. The average Bonchev–Trinajstić information content (AvgIpc) is 2.40. The molecule has 3 nitrogen and oxygen atoms in total. The molecule has 0 fully saturated rings. The highest BCUT2D eigenvalue weighted by molar-refractivity contribution is 7.80. The third-order valence-corrected chi connectivity index (χ3v) is 3.36. The van der Waals surface area contributed by atoms with Crippen LogP contribution in [-0.2, 0) is 0 Å². The fourth-order valence-corrected chi connectivity index (χ4v) is 2.15.